The molecule has 1 aliphatic rings. The van der Waals surface area contributed by atoms with Crippen molar-refractivity contribution in [1.82, 2.24) is 18.6 Å². The van der Waals surface area contributed by atoms with Crippen LogP contribution in [0.3, 0.4) is 0 Å². The molecule has 1 aromatic rings. The van der Waals surface area contributed by atoms with E-state index in [4.69, 9.17) is 4.74 Å². The van der Waals surface area contributed by atoms with Gasteiger partial charge in [0.15, 0.2) is 0 Å². The van der Waals surface area contributed by atoms with Crippen molar-refractivity contribution in [3.63, 3.8) is 0 Å². The molecule has 0 saturated carbocycles. The zero-order valence-electron chi connectivity index (χ0n) is 11.3. The lowest BCUT2D eigenvalue weighted by Gasteiger charge is -2.33. The van der Waals surface area contributed by atoms with Crippen LogP contribution in [0.1, 0.15) is 17.5 Å². The van der Waals surface area contributed by atoms with E-state index in [-0.39, 0.29) is 12.6 Å². The van der Waals surface area contributed by atoms with Crippen LogP contribution in [0, 0.1) is 6.92 Å². The highest BCUT2D eigenvalue weighted by atomic mass is 32.2. The van der Waals surface area contributed by atoms with E-state index in [1.54, 1.807) is 12.4 Å². The number of hydrogen-bond acceptors (Lipinski definition) is 5. The molecule has 1 aromatic heterocycles. The number of aromatic nitrogens is 2. The van der Waals surface area contributed by atoms with Gasteiger partial charge in [-0.1, -0.05) is 0 Å². The molecule has 0 aromatic carbocycles. The first kappa shape index (κ1) is 14.3. The van der Waals surface area contributed by atoms with E-state index in [0.29, 0.717) is 18.8 Å². The number of nitrogens with zero attached hydrogens (tertiary/aromatic N) is 4. The summed E-state index contributed by atoms with van der Waals surface area (Å²) in [7, 11) is -0.372. The number of hydrogen-bond donors (Lipinski definition) is 0. The lowest BCUT2D eigenvalue weighted by molar-refractivity contribution is -0.00645. The van der Waals surface area contributed by atoms with E-state index in [9.17, 15) is 8.42 Å². The van der Waals surface area contributed by atoms with Crippen LogP contribution in [-0.4, -0.2) is 60.8 Å². The largest absolute Gasteiger partial charge is 0.369 e. The van der Waals surface area contributed by atoms with Crippen LogP contribution in [0.4, 0.5) is 0 Å². The fourth-order valence-corrected chi connectivity index (χ4v) is 2.90. The number of morpholine rings is 1. The molecule has 8 heteroatoms. The highest BCUT2D eigenvalue weighted by Crippen LogP contribution is 2.22. The summed E-state index contributed by atoms with van der Waals surface area (Å²) in [5, 5.41) is 0. The van der Waals surface area contributed by atoms with Crippen molar-refractivity contribution in [3.8, 4) is 0 Å². The molecule has 1 unspecified atom stereocenters. The Bertz CT molecular complexity index is 529. The normalized spacial score (nSPS) is 21.8. The van der Waals surface area contributed by atoms with Crippen molar-refractivity contribution in [2.24, 2.45) is 0 Å². The smallest absolute Gasteiger partial charge is 0.281 e. The molecule has 0 radical (unpaired) electrons. The molecule has 19 heavy (non-hydrogen) atoms. The van der Waals surface area contributed by atoms with E-state index in [2.05, 4.69) is 9.97 Å². The summed E-state index contributed by atoms with van der Waals surface area (Å²) in [5.41, 5.74) is 1.47. The quantitative estimate of drug-likeness (QED) is 0.779. The first-order valence-electron chi connectivity index (χ1n) is 5.99. The summed E-state index contributed by atoms with van der Waals surface area (Å²) in [6, 6.07) is 0. The van der Waals surface area contributed by atoms with Gasteiger partial charge in [0.25, 0.3) is 10.2 Å². The Balaban J connectivity index is 2.16. The summed E-state index contributed by atoms with van der Waals surface area (Å²) in [4.78, 5) is 8.40. The molecule has 1 aliphatic heterocycles. The zero-order chi connectivity index (χ0) is 14.0. The monoisotopic (exact) mass is 286 g/mol. The maximum atomic E-state index is 12.1. The average molecular weight is 286 g/mol. The minimum Gasteiger partial charge on any atom is -0.369 e. The Labute approximate surface area is 113 Å². The third-order valence-corrected chi connectivity index (χ3v) is 4.85. The lowest BCUT2D eigenvalue weighted by atomic mass is 10.2. The summed E-state index contributed by atoms with van der Waals surface area (Å²) >= 11 is 0. The van der Waals surface area contributed by atoms with Gasteiger partial charge in [0.1, 0.15) is 6.10 Å². The second-order valence-corrected chi connectivity index (χ2v) is 6.73. The minimum absolute atomic E-state index is 0.262. The van der Waals surface area contributed by atoms with Gasteiger partial charge in [-0.3, -0.25) is 9.97 Å². The van der Waals surface area contributed by atoms with Gasteiger partial charge in [0.2, 0.25) is 0 Å². The Morgan fingerprint density at radius 3 is 2.68 bits per heavy atom. The molecule has 1 saturated heterocycles. The Morgan fingerprint density at radius 1 is 1.37 bits per heavy atom. The van der Waals surface area contributed by atoms with E-state index < -0.39 is 10.2 Å². The molecule has 1 atom stereocenters. The molecule has 0 N–H and O–H groups in total. The molecule has 0 bridgehead atoms. The highest BCUT2D eigenvalue weighted by Gasteiger charge is 2.32. The second kappa shape index (κ2) is 5.49. The van der Waals surface area contributed by atoms with Gasteiger partial charge in [-0.2, -0.15) is 17.0 Å². The third-order valence-electron chi connectivity index (χ3n) is 2.95. The predicted octanol–water partition coefficient (Wildman–Crippen LogP) is -0.0353. The zero-order valence-corrected chi connectivity index (χ0v) is 12.1. The molecule has 7 nitrogen and oxygen atoms in total. The van der Waals surface area contributed by atoms with Crippen LogP contribution in [-0.2, 0) is 14.9 Å². The van der Waals surface area contributed by atoms with Crippen LogP contribution in [0.5, 0.6) is 0 Å². The first-order chi connectivity index (χ1) is 8.91. The number of rotatable bonds is 3. The fraction of sp³-hybridized carbons (Fsp3) is 0.636. The Hall–Kier alpha value is -1.09. The third kappa shape index (κ3) is 3.08. The standard InChI is InChI=1S/C11H18N4O3S/c1-9-6-13-10(7-12-9)11-8-15(4-5-18-11)19(16,17)14(2)3/h6-7,11H,4-5,8H2,1-3H3. The summed E-state index contributed by atoms with van der Waals surface area (Å²) in [6.45, 7) is 2.82. The SMILES string of the molecule is Cc1cnc(C2CN(S(=O)(=O)N(C)C)CCO2)cn1. The van der Waals surface area contributed by atoms with E-state index in [0.717, 1.165) is 5.69 Å². The summed E-state index contributed by atoms with van der Waals surface area (Å²) in [6.07, 6.45) is 2.92. The summed E-state index contributed by atoms with van der Waals surface area (Å²) in [5.74, 6) is 0. The molecule has 106 valence electrons. The van der Waals surface area contributed by atoms with Gasteiger partial charge in [-0.25, -0.2) is 0 Å². The molecule has 2 heterocycles. The van der Waals surface area contributed by atoms with Gasteiger partial charge >= 0.3 is 0 Å². The highest BCUT2D eigenvalue weighted by molar-refractivity contribution is 7.86. The van der Waals surface area contributed by atoms with E-state index in [1.165, 1.54) is 22.7 Å². The van der Waals surface area contributed by atoms with Gasteiger partial charge in [-0.05, 0) is 6.92 Å². The molecular formula is C11H18N4O3S. The molecule has 1 fully saturated rings. The molecule has 0 amide bonds. The van der Waals surface area contributed by atoms with Crippen LogP contribution in [0.25, 0.3) is 0 Å². The Morgan fingerprint density at radius 2 is 2.11 bits per heavy atom. The molecule has 0 spiro atoms. The van der Waals surface area contributed by atoms with Crippen molar-refractivity contribution < 1.29 is 13.2 Å². The van der Waals surface area contributed by atoms with E-state index in [1.807, 2.05) is 6.92 Å². The topological polar surface area (TPSA) is 75.6 Å². The number of ether oxygens (including phenoxy) is 1. The van der Waals surface area contributed by atoms with Gasteiger partial charge in [0.05, 0.1) is 24.2 Å². The van der Waals surface area contributed by atoms with E-state index >= 15 is 0 Å². The maximum absolute atomic E-state index is 12.1. The maximum Gasteiger partial charge on any atom is 0.281 e. The number of aryl methyl sites for hydroxylation is 1. The van der Waals surface area contributed by atoms with Crippen molar-refractivity contribution in [3.05, 3.63) is 23.8 Å². The van der Waals surface area contributed by atoms with Gasteiger partial charge in [-0.15, -0.1) is 0 Å². The van der Waals surface area contributed by atoms with Crippen LogP contribution >= 0.6 is 0 Å². The fourth-order valence-electron chi connectivity index (χ4n) is 1.81. The second-order valence-electron chi connectivity index (χ2n) is 4.59. The Kier molecular flexibility index (Phi) is 4.14. The predicted molar refractivity (Wildman–Crippen MR) is 69.6 cm³/mol. The van der Waals surface area contributed by atoms with Crippen molar-refractivity contribution >= 4 is 10.2 Å². The van der Waals surface area contributed by atoms with Crippen LogP contribution < -0.4 is 0 Å². The van der Waals surface area contributed by atoms with Crippen molar-refractivity contribution in [1.29, 1.82) is 0 Å². The van der Waals surface area contributed by atoms with Crippen LogP contribution in [0.2, 0.25) is 0 Å². The molecule has 2 rings (SSSR count). The minimum atomic E-state index is -3.41. The average Bonchev–Trinajstić information content (AvgIpc) is 2.39. The molecular weight excluding hydrogens is 268 g/mol. The van der Waals surface area contributed by atoms with Gasteiger partial charge in [0, 0.05) is 33.4 Å². The lowest BCUT2D eigenvalue weighted by Crippen LogP contribution is -2.47. The first-order valence-corrected chi connectivity index (χ1v) is 7.38. The van der Waals surface area contributed by atoms with Gasteiger partial charge < -0.3 is 4.74 Å². The van der Waals surface area contributed by atoms with Crippen LogP contribution in [0.15, 0.2) is 12.4 Å². The summed E-state index contributed by atoms with van der Waals surface area (Å²) < 4.78 is 32.3. The van der Waals surface area contributed by atoms with Crippen molar-refractivity contribution in [2.75, 3.05) is 33.8 Å². The van der Waals surface area contributed by atoms with Crippen molar-refractivity contribution in [2.45, 2.75) is 13.0 Å². The molecule has 0 aliphatic carbocycles.